The fourth-order valence-corrected chi connectivity index (χ4v) is 1.81. The number of anilines is 1. The number of hydrogen-bond donors (Lipinski definition) is 2. The van der Waals surface area contributed by atoms with Gasteiger partial charge in [-0.25, -0.2) is 0 Å². The number of rotatable bonds is 6. The fourth-order valence-electron chi connectivity index (χ4n) is 1.81. The Morgan fingerprint density at radius 1 is 1.37 bits per heavy atom. The Morgan fingerprint density at radius 3 is 2.63 bits per heavy atom. The third kappa shape index (κ3) is 4.24. The fraction of sp³-hybridized carbons (Fsp3) is 0.533. The summed E-state index contributed by atoms with van der Waals surface area (Å²) in [5.41, 5.74) is 2.53. The molecule has 0 saturated heterocycles. The van der Waals surface area contributed by atoms with Gasteiger partial charge in [-0.3, -0.25) is 4.79 Å². The molecule has 1 amide bonds. The lowest BCUT2D eigenvalue weighted by Crippen LogP contribution is -2.26. The van der Waals surface area contributed by atoms with E-state index in [-0.39, 0.29) is 11.5 Å². The van der Waals surface area contributed by atoms with E-state index in [0.29, 0.717) is 5.56 Å². The molecule has 0 bridgehead atoms. The molecule has 0 aliphatic carbocycles. The number of amides is 1. The van der Waals surface area contributed by atoms with Gasteiger partial charge in [-0.15, -0.1) is 0 Å². The van der Waals surface area contributed by atoms with Gasteiger partial charge in [0.1, 0.15) is 0 Å². The summed E-state index contributed by atoms with van der Waals surface area (Å²) < 4.78 is 5.38. The minimum Gasteiger partial charge on any atom is -0.385 e. The maximum Gasteiger partial charge on any atom is 0.251 e. The highest BCUT2D eigenvalue weighted by atomic mass is 16.5. The molecule has 0 unspecified atom stereocenters. The maximum absolute atomic E-state index is 11.7. The Morgan fingerprint density at radius 2 is 2.05 bits per heavy atom. The van der Waals surface area contributed by atoms with Crippen molar-refractivity contribution in [3.8, 4) is 0 Å². The van der Waals surface area contributed by atoms with E-state index in [4.69, 9.17) is 4.74 Å². The van der Waals surface area contributed by atoms with Crippen LogP contribution in [0, 0.1) is 6.92 Å². The molecule has 0 heterocycles. The van der Waals surface area contributed by atoms with Crippen molar-refractivity contribution in [2.45, 2.75) is 32.8 Å². The topological polar surface area (TPSA) is 50.4 Å². The van der Waals surface area contributed by atoms with E-state index >= 15 is 0 Å². The van der Waals surface area contributed by atoms with Crippen molar-refractivity contribution >= 4 is 11.6 Å². The second-order valence-corrected chi connectivity index (χ2v) is 5.20. The first-order chi connectivity index (χ1) is 8.91. The SMILES string of the molecule is CNC(=O)c1cccc(NCCC(C)(C)OC)c1C. The average molecular weight is 264 g/mol. The van der Waals surface area contributed by atoms with Crippen molar-refractivity contribution in [1.82, 2.24) is 5.32 Å². The van der Waals surface area contributed by atoms with Crippen molar-refractivity contribution in [1.29, 1.82) is 0 Å². The Labute approximate surface area is 115 Å². The lowest BCUT2D eigenvalue weighted by molar-refractivity contribution is 0.0185. The Balaban J connectivity index is 2.72. The van der Waals surface area contributed by atoms with E-state index < -0.39 is 0 Å². The molecule has 0 radical (unpaired) electrons. The maximum atomic E-state index is 11.7. The summed E-state index contributed by atoms with van der Waals surface area (Å²) >= 11 is 0. The van der Waals surface area contributed by atoms with Crippen molar-refractivity contribution in [3.63, 3.8) is 0 Å². The van der Waals surface area contributed by atoms with Gasteiger partial charge >= 0.3 is 0 Å². The molecule has 0 spiro atoms. The molecular formula is C15H24N2O2. The zero-order valence-electron chi connectivity index (χ0n) is 12.5. The molecule has 4 heteroatoms. The van der Waals surface area contributed by atoms with Crippen LogP contribution < -0.4 is 10.6 Å². The van der Waals surface area contributed by atoms with Gasteiger partial charge in [0.15, 0.2) is 0 Å². The van der Waals surface area contributed by atoms with E-state index in [1.165, 1.54) is 0 Å². The summed E-state index contributed by atoms with van der Waals surface area (Å²) in [6.45, 7) is 6.87. The molecule has 1 rings (SSSR count). The van der Waals surface area contributed by atoms with Gasteiger partial charge in [0.05, 0.1) is 5.60 Å². The van der Waals surface area contributed by atoms with Crippen LogP contribution in [0.3, 0.4) is 0 Å². The zero-order valence-corrected chi connectivity index (χ0v) is 12.5. The lowest BCUT2D eigenvalue weighted by Gasteiger charge is -2.23. The molecule has 19 heavy (non-hydrogen) atoms. The van der Waals surface area contributed by atoms with Gasteiger partial charge in [0.25, 0.3) is 5.91 Å². The third-order valence-electron chi connectivity index (χ3n) is 3.40. The first kappa shape index (κ1) is 15.5. The Kier molecular flexibility index (Phi) is 5.36. The molecular weight excluding hydrogens is 240 g/mol. The quantitative estimate of drug-likeness (QED) is 0.830. The minimum absolute atomic E-state index is 0.0571. The number of methoxy groups -OCH3 is 1. The molecule has 0 aromatic heterocycles. The van der Waals surface area contributed by atoms with Crippen LogP contribution in [0.2, 0.25) is 0 Å². The normalized spacial score (nSPS) is 11.2. The van der Waals surface area contributed by atoms with Crippen molar-refractivity contribution in [3.05, 3.63) is 29.3 Å². The number of ether oxygens (including phenoxy) is 1. The van der Waals surface area contributed by atoms with Gasteiger partial charge in [-0.05, 0) is 44.9 Å². The van der Waals surface area contributed by atoms with Crippen LogP contribution in [-0.4, -0.2) is 32.2 Å². The van der Waals surface area contributed by atoms with Crippen molar-refractivity contribution in [2.24, 2.45) is 0 Å². The molecule has 0 aliphatic heterocycles. The molecule has 0 fully saturated rings. The van der Waals surface area contributed by atoms with Crippen LogP contribution in [0.5, 0.6) is 0 Å². The third-order valence-corrected chi connectivity index (χ3v) is 3.40. The summed E-state index contributed by atoms with van der Waals surface area (Å²) in [7, 11) is 3.36. The second kappa shape index (κ2) is 6.57. The predicted molar refractivity (Wildman–Crippen MR) is 78.8 cm³/mol. The highest BCUT2D eigenvalue weighted by Gasteiger charge is 2.16. The van der Waals surface area contributed by atoms with Crippen molar-refractivity contribution in [2.75, 3.05) is 26.0 Å². The predicted octanol–water partition coefficient (Wildman–Crippen LogP) is 2.58. The van der Waals surface area contributed by atoms with Gasteiger partial charge in [-0.2, -0.15) is 0 Å². The minimum atomic E-state index is -0.140. The van der Waals surface area contributed by atoms with Crippen LogP contribution in [-0.2, 0) is 4.74 Å². The molecule has 1 aromatic rings. The van der Waals surface area contributed by atoms with E-state index in [0.717, 1.165) is 24.2 Å². The van der Waals surface area contributed by atoms with Crippen LogP contribution in [0.1, 0.15) is 36.2 Å². The summed E-state index contributed by atoms with van der Waals surface area (Å²) in [6, 6.07) is 5.71. The van der Waals surface area contributed by atoms with Crippen LogP contribution in [0.4, 0.5) is 5.69 Å². The number of hydrogen-bond acceptors (Lipinski definition) is 3. The van der Waals surface area contributed by atoms with E-state index in [9.17, 15) is 4.79 Å². The summed E-state index contributed by atoms with van der Waals surface area (Å²) in [5, 5.41) is 6.01. The number of benzene rings is 1. The van der Waals surface area contributed by atoms with Crippen molar-refractivity contribution < 1.29 is 9.53 Å². The highest BCUT2D eigenvalue weighted by Crippen LogP contribution is 2.20. The van der Waals surface area contributed by atoms with Gasteiger partial charge in [0.2, 0.25) is 0 Å². The van der Waals surface area contributed by atoms with E-state index in [2.05, 4.69) is 24.5 Å². The Bertz CT molecular complexity index is 442. The molecule has 1 aromatic carbocycles. The molecule has 4 nitrogen and oxygen atoms in total. The van der Waals surface area contributed by atoms with E-state index in [1.807, 2.05) is 25.1 Å². The van der Waals surface area contributed by atoms with Gasteiger partial charge in [0, 0.05) is 32.0 Å². The molecule has 2 N–H and O–H groups in total. The highest BCUT2D eigenvalue weighted by molar-refractivity contribution is 5.96. The second-order valence-electron chi connectivity index (χ2n) is 5.20. The smallest absolute Gasteiger partial charge is 0.251 e. The number of carbonyl (C=O) groups excluding carboxylic acids is 1. The van der Waals surface area contributed by atoms with Crippen LogP contribution in [0.15, 0.2) is 18.2 Å². The molecule has 0 atom stereocenters. The summed E-state index contributed by atoms with van der Waals surface area (Å²) in [6.07, 6.45) is 0.896. The first-order valence-electron chi connectivity index (χ1n) is 6.52. The van der Waals surface area contributed by atoms with Gasteiger partial charge in [-0.1, -0.05) is 6.07 Å². The molecule has 106 valence electrons. The standard InChI is InChI=1S/C15H24N2O2/c1-11-12(14(18)16-4)7-6-8-13(11)17-10-9-15(2,3)19-5/h6-8,17H,9-10H2,1-5H3,(H,16,18). The Hall–Kier alpha value is -1.55. The zero-order chi connectivity index (χ0) is 14.5. The lowest BCUT2D eigenvalue weighted by atomic mass is 10.0. The molecule has 0 saturated carbocycles. The average Bonchev–Trinajstić information content (AvgIpc) is 2.40. The van der Waals surface area contributed by atoms with Crippen LogP contribution in [0.25, 0.3) is 0 Å². The van der Waals surface area contributed by atoms with E-state index in [1.54, 1.807) is 14.2 Å². The summed E-state index contributed by atoms with van der Waals surface area (Å²) in [5.74, 6) is -0.0571. The monoisotopic (exact) mass is 264 g/mol. The number of carbonyl (C=O) groups is 1. The van der Waals surface area contributed by atoms with Gasteiger partial charge < -0.3 is 15.4 Å². The summed E-state index contributed by atoms with van der Waals surface area (Å²) in [4.78, 5) is 11.7. The largest absolute Gasteiger partial charge is 0.385 e. The van der Waals surface area contributed by atoms with Crippen LogP contribution >= 0.6 is 0 Å². The number of nitrogens with one attached hydrogen (secondary N) is 2. The first-order valence-corrected chi connectivity index (χ1v) is 6.52. The molecule has 0 aliphatic rings.